The first-order valence-electron chi connectivity index (χ1n) is 9.16. The molecule has 0 aliphatic heterocycles. The number of hydrazone groups is 1. The second-order valence-electron chi connectivity index (χ2n) is 6.34. The van der Waals surface area contributed by atoms with Gasteiger partial charge in [0.15, 0.2) is 0 Å². The Morgan fingerprint density at radius 2 is 1.70 bits per heavy atom. The van der Waals surface area contributed by atoms with Crippen LogP contribution in [0.25, 0.3) is 0 Å². The van der Waals surface area contributed by atoms with Gasteiger partial charge in [0.05, 0.1) is 31.0 Å². The Bertz CT molecular complexity index is 1070. The van der Waals surface area contributed by atoms with Gasteiger partial charge in [0.1, 0.15) is 5.75 Å². The molecule has 0 aliphatic rings. The number of methoxy groups -OCH3 is 1. The number of halogens is 1. The lowest BCUT2D eigenvalue weighted by atomic mass is 10.1. The summed E-state index contributed by atoms with van der Waals surface area (Å²) in [6, 6.07) is 21.6. The van der Waals surface area contributed by atoms with E-state index in [2.05, 4.69) is 31.8 Å². The number of anilines is 1. The van der Waals surface area contributed by atoms with Crippen LogP contribution in [0.1, 0.15) is 21.5 Å². The van der Waals surface area contributed by atoms with Crippen molar-refractivity contribution in [3.05, 3.63) is 94.0 Å². The van der Waals surface area contributed by atoms with Crippen LogP contribution in [0.4, 0.5) is 5.69 Å². The highest BCUT2D eigenvalue weighted by Gasteiger charge is 2.13. The van der Waals surface area contributed by atoms with E-state index in [4.69, 9.17) is 4.74 Å². The normalized spacial score (nSPS) is 10.6. The topological polar surface area (TPSA) is 79.8 Å². The minimum Gasteiger partial charge on any atom is -0.497 e. The van der Waals surface area contributed by atoms with Crippen molar-refractivity contribution in [3.63, 3.8) is 0 Å². The van der Waals surface area contributed by atoms with Gasteiger partial charge in [-0.2, -0.15) is 5.10 Å². The number of nitrogens with zero attached hydrogens (tertiary/aromatic N) is 1. The summed E-state index contributed by atoms with van der Waals surface area (Å²) in [7, 11) is 1.59. The van der Waals surface area contributed by atoms with Gasteiger partial charge in [0, 0.05) is 10.0 Å². The lowest BCUT2D eigenvalue weighted by molar-refractivity contribution is -0.115. The van der Waals surface area contributed by atoms with Crippen molar-refractivity contribution in [1.29, 1.82) is 0 Å². The molecule has 0 bridgehead atoms. The summed E-state index contributed by atoms with van der Waals surface area (Å²) in [5, 5.41) is 6.80. The SMILES string of the molecule is COc1ccc(CC(=O)Nc2ccccc2C(=O)N/N=C\c2ccccc2Br)cc1. The highest BCUT2D eigenvalue weighted by Crippen LogP contribution is 2.17. The Morgan fingerprint density at radius 3 is 2.43 bits per heavy atom. The Morgan fingerprint density at radius 1 is 1.00 bits per heavy atom. The fraction of sp³-hybridized carbons (Fsp3) is 0.0870. The van der Waals surface area contributed by atoms with E-state index in [0.29, 0.717) is 11.3 Å². The summed E-state index contributed by atoms with van der Waals surface area (Å²) in [5.74, 6) is 0.0834. The second kappa shape index (κ2) is 10.4. The first-order valence-corrected chi connectivity index (χ1v) is 9.96. The van der Waals surface area contributed by atoms with Crippen molar-refractivity contribution in [1.82, 2.24) is 5.43 Å². The number of hydrogen-bond donors (Lipinski definition) is 2. The fourth-order valence-corrected chi connectivity index (χ4v) is 3.10. The van der Waals surface area contributed by atoms with E-state index in [1.165, 1.54) is 0 Å². The first kappa shape index (κ1) is 21.3. The van der Waals surface area contributed by atoms with Crippen molar-refractivity contribution in [2.24, 2.45) is 5.10 Å². The molecule has 0 atom stereocenters. The summed E-state index contributed by atoms with van der Waals surface area (Å²) in [6.45, 7) is 0. The lowest BCUT2D eigenvalue weighted by Crippen LogP contribution is -2.22. The molecule has 0 radical (unpaired) electrons. The summed E-state index contributed by atoms with van der Waals surface area (Å²) in [6.07, 6.45) is 1.73. The monoisotopic (exact) mass is 465 g/mol. The summed E-state index contributed by atoms with van der Waals surface area (Å²) >= 11 is 3.42. The largest absolute Gasteiger partial charge is 0.497 e. The molecule has 0 saturated carbocycles. The number of carbonyl (C=O) groups excluding carboxylic acids is 2. The number of para-hydroxylation sites is 1. The van der Waals surface area contributed by atoms with E-state index in [9.17, 15) is 9.59 Å². The molecular formula is C23H20BrN3O3. The van der Waals surface area contributed by atoms with Crippen LogP contribution in [0.15, 0.2) is 82.4 Å². The molecule has 0 unspecified atom stereocenters. The molecular weight excluding hydrogens is 446 g/mol. The van der Waals surface area contributed by atoms with Crippen LogP contribution in [0.5, 0.6) is 5.75 Å². The standard InChI is InChI=1S/C23H20BrN3O3/c1-30-18-12-10-16(11-13-18)14-22(28)26-21-9-5-3-7-19(21)23(29)27-25-15-17-6-2-4-8-20(17)24/h2-13,15H,14H2,1H3,(H,26,28)(H,27,29)/b25-15-. The smallest absolute Gasteiger partial charge is 0.273 e. The molecule has 0 spiro atoms. The van der Waals surface area contributed by atoms with Crippen LogP contribution in [0.3, 0.4) is 0 Å². The van der Waals surface area contributed by atoms with Gasteiger partial charge in [-0.05, 0) is 35.9 Å². The average molecular weight is 466 g/mol. The first-order chi connectivity index (χ1) is 14.6. The molecule has 0 saturated heterocycles. The molecule has 0 aliphatic carbocycles. The summed E-state index contributed by atoms with van der Waals surface area (Å²) in [4.78, 5) is 25.0. The minimum absolute atomic E-state index is 0.181. The van der Waals surface area contributed by atoms with Crippen LogP contribution >= 0.6 is 15.9 Å². The van der Waals surface area contributed by atoms with Crippen molar-refractivity contribution in [2.45, 2.75) is 6.42 Å². The number of amides is 2. The zero-order valence-corrected chi connectivity index (χ0v) is 17.8. The number of nitrogens with one attached hydrogen (secondary N) is 2. The third kappa shape index (κ3) is 5.78. The third-order valence-electron chi connectivity index (χ3n) is 4.24. The molecule has 0 fully saturated rings. The molecule has 152 valence electrons. The quantitative estimate of drug-likeness (QED) is 0.400. The molecule has 3 aromatic carbocycles. The predicted octanol–water partition coefficient (Wildman–Crippen LogP) is 4.40. The van der Waals surface area contributed by atoms with Crippen molar-refractivity contribution < 1.29 is 14.3 Å². The zero-order valence-electron chi connectivity index (χ0n) is 16.3. The van der Waals surface area contributed by atoms with Crippen LogP contribution in [0.2, 0.25) is 0 Å². The van der Waals surface area contributed by atoms with Crippen molar-refractivity contribution in [2.75, 3.05) is 12.4 Å². The van der Waals surface area contributed by atoms with E-state index in [1.807, 2.05) is 36.4 Å². The number of rotatable bonds is 7. The molecule has 30 heavy (non-hydrogen) atoms. The molecule has 7 heteroatoms. The maximum Gasteiger partial charge on any atom is 0.273 e. The number of hydrogen-bond acceptors (Lipinski definition) is 4. The van der Waals surface area contributed by atoms with Crippen LogP contribution < -0.4 is 15.5 Å². The number of carbonyl (C=O) groups is 2. The second-order valence-corrected chi connectivity index (χ2v) is 7.19. The third-order valence-corrected chi connectivity index (χ3v) is 4.97. The summed E-state index contributed by atoms with van der Waals surface area (Å²) < 4.78 is 5.99. The van der Waals surface area contributed by atoms with Crippen LogP contribution in [-0.4, -0.2) is 25.1 Å². The molecule has 6 nitrogen and oxygen atoms in total. The van der Waals surface area contributed by atoms with E-state index in [-0.39, 0.29) is 12.3 Å². The van der Waals surface area contributed by atoms with Gasteiger partial charge >= 0.3 is 0 Å². The van der Waals surface area contributed by atoms with E-state index in [0.717, 1.165) is 21.3 Å². The minimum atomic E-state index is -0.418. The Balaban J connectivity index is 1.65. The van der Waals surface area contributed by atoms with Gasteiger partial charge in [0.2, 0.25) is 5.91 Å². The fourth-order valence-electron chi connectivity index (χ4n) is 2.71. The highest BCUT2D eigenvalue weighted by atomic mass is 79.9. The molecule has 3 rings (SSSR count). The van der Waals surface area contributed by atoms with Crippen molar-refractivity contribution >= 4 is 39.6 Å². The Kier molecular flexibility index (Phi) is 7.34. The summed E-state index contributed by atoms with van der Waals surface area (Å²) in [5.41, 5.74) is 4.91. The zero-order chi connectivity index (χ0) is 21.3. The number of ether oxygens (including phenoxy) is 1. The van der Waals surface area contributed by atoms with Gasteiger partial charge in [0.25, 0.3) is 5.91 Å². The van der Waals surface area contributed by atoms with Crippen LogP contribution in [-0.2, 0) is 11.2 Å². The number of benzene rings is 3. The average Bonchev–Trinajstić information content (AvgIpc) is 2.76. The maximum atomic E-state index is 12.5. The lowest BCUT2D eigenvalue weighted by Gasteiger charge is -2.10. The van der Waals surface area contributed by atoms with Gasteiger partial charge in [-0.1, -0.05) is 58.4 Å². The van der Waals surface area contributed by atoms with E-state index < -0.39 is 5.91 Å². The van der Waals surface area contributed by atoms with Crippen LogP contribution in [0, 0.1) is 0 Å². The maximum absolute atomic E-state index is 12.5. The molecule has 3 aromatic rings. The van der Waals surface area contributed by atoms with Crippen molar-refractivity contribution in [3.8, 4) is 5.75 Å². The molecule has 0 heterocycles. The van der Waals surface area contributed by atoms with E-state index in [1.54, 1.807) is 49.7 Å². The molecule has 0 aromatic heterocycles. The Labute approximate surface area is 183 Å². The van der Waals surface area contributed by atoms with E-state index >= 15 is 0 Å². The van der Waals surface area contributed by atoms with Gasteiger partial charge < -0.3 is 10.1 Å². The highest BCUT2D eigenvalue weighted by molar-refractivity contribution is 9.10. The predicted molar refractivity (Wildman–Crippen MR) is 121 cm³/mol. The molecule has 2 N–H and O–H groups in total. The molecule has 2 amide bonds. The Hall–Kier alpha value is -3.45. The van der Waals surface area contributed by atoms with Gasteiger partial charge in [-0.15, -0.1) is 0 Å². The van der Waals surface area contributed by atoms with Gasteiger partial charge in [-0.25, -0.2) is 5.43 Å². The van der Waals surface area contributed by atoms with Gasteiger partial charge in [-0.3, -0.25) is 9.59 Å².